The number of aliphatic hydroxyl groups is 1. The van der Waals surface area contributed by atoms with Crippen LogP contribution in [-0.2, 0) is 0 Å². The van der Waals surface area contributed by atoms with E-state index in [1.54, 1.807) is 7.05 Å². The third kappa shape index (κ3) is 7.62. The molecule has 0 heterocycles. The first-order valence-corrected chi connectivity index (χ1v) is 5.31. The molecule has 0 rings (SSSR count). The van der Waals surface area contributed by atoms with Crippen LogP contribution in [0.2, 0.25) is 0 Å². The van der Waals surface area contributed by atoms with Crippen molar-refractivity contribution in [3.05, 3.63) is 0 Å². The summed E-state index contributed by atoms with van der Waals surface area (Å²) in [6.07, 6.45) is -2.60. The summed E-state index contributed by atoms with van der Waals surface area (Å²) in [5, 5.41) is 8.79. The fraction of sp³-hybridized carbons (Fsp3) is 1.00. The van der Waals surface area contributed by atoms with Crippen LogP contribution in [-0.4, -0.2) is 42.4 Å². The predicted octanol–water partition coefficient (Wildman–Crippen LogP) is 2.42. The van der Waals surface area contributed by atoms with Crippen LogP contribution >= 0.6 is 0 Å². The third-order valence-electron chi connectivity index (χ3n) is 2.26. The maximum atomic E-state index is 12.0. The first-order valence-electron chi connectivity index (χ1n) is 5.31. The van der Waals surface area contributed by atoms with Gasteiger partial charge in [-0.15, -0.1) is 0 Å². The minimum Gasteiger partial charge on any atom is -0.382 e. The lowest BCUT2D eigenvalue weighted by molar-refractivity contribution is -0.207. The Balaban J connectivity index is 3.60. The zero-order chi connectivity index (χ0) is 11.9. The lowest BCUT2D eigenvalue weighted by Gasteiger charge is -2.22. The smallest absolute Gasteiger partial charge is 0.382 e. The van der Waals surface area contributed by atoms with Gasteiger partial charge in [0.25, 0.3) is 0 Å². The highest BCUT2D eigenvalue weighted by Gasteiger charge is 2.38. The lowest BCUT2D eigenvalue weighted by atomic mass is 10.2. The van der Waals surface area contributed by atoms with Gasteiger partial charge >= 0.3 is 6.18 Å². The van der Waals surface area contributed by atoms with Crippen molar-refractivity contribution in [2.24, 2.45) is 0 Å². The molecule has 0 saturated carbocycles. The Morgan fingerprint density at radius 3 is 2.27 bits per heavy atom. The Morgan fingerprint density at radius 2 is 1.80 bits per heavy atom. The number of halogens is 3. The molecule has 2 nitrogen and oxygen atoms in total. The van der Waals surface area contributed by atoms with Crippen molar-refractivity contribution < 1.29 is 18.3 Å². The van der Waals surface area contributed by atoms with Gasteiger partial charge in [-0.25, -0.2) is 0 Å². The van der Waals surface area contributed by atoms with E-state index in [1.165, 1.54) is 4.90 Å². The van der Waals surface area contributed by atoms with Gasteiger partial charge in [0.1, 0.15) is 0 Å². The standard InChI is InChI=1S/C10H20F3NO/c1-3-4-5-6-7-14(2)8-9(15)10(11,12)13/h9,15H,3-8H2,1-2H3. The molecule has 5 heteroatoms. The molecular formula is C10H20F3NO. The minimum atomic E-state index is -4.50. The van der Waals surface area contributed by atoms with Gasteiger partial charge in [-0.2, -0.15) is 13.2 Å². The molecule has 0 aromatic rings. The number of hydrogen-bond donors (Lipinski definition) is 1. The normalized spacial score (nSPS) is 14.6. The van der Waals surface area contributed by atoms with E-state index >= 15 is 0 Å². The zero-order valence-corrected chi connectivity index (χ0v) is 9.35. The van der Waals surface area contributed by atoms with E-state index < -0.39 is 12.3 Å². The molecular weight excluding hydrogens is 207 g/mol. The molecule has 1 unspecified atom stereocenters. The molecule has 0 radical (unpaired) electrons. The van der Waals surface area contributed by atoms with Crippen LogP contribution < -0.4 is 0 Å². The Hall–Kier alpha value is -0.290. The topological polar surface area (TPSA) is 23.5 Å². The van der Waals surface area contributed by atoms with Gasteiger partial charge in [0, 0.05) is 6.54 Å². The average molecular weight is 227 g/mol. The summed E-state index contributed by atoms with van der Waals surface area (Å²) in [7, 11) is 1.60. The second-order valence-corrected chi connectivity index (χ2v) is 3.88. The molecule has 0 bridgehead atoms. The molecule has 0 aliphatic heterocycles. The number of rotatable bonds is 7. The summed E-state index contributed by atoms with van der Waals surface area (Å²) in [6.45, 7) is 2.35. The van der Waals surface area contributed by atoms with E-state index in [0.717, 1.165) is 25.7 Å². The Labute approximate surface area is 89.1 Å². The van der Waals surface area contributed by atoms with Gasteiger partial charge in [-0.3, -0.25) is 0 Å². The van der Waals surface area contributed by atoms with Crippen LogP contribution in [0.1, 0.15) is 32.6 Å². The summed E-state index contributed by atoms with van der Waals surface area (Å²) in [6, 6.07) is 0. The van der Waals surface area contributed by atoms with E-state index in [9.17, 15) is 13.2 Å². The summed E-state index contributed by atoms with van der Waals surface area (Å²) in [4.78, 5) is 1.52. The number of likely N-dealkylation sites (N-methyl/N-ethyl adjacent to an activating group) is 1. The largest absolute Gasteiger partial charge is 0.415 e. The van der Waals surface area contributed by atoms with Crippen molar-refractivity contribution in [1.82, 2.24) is 4.90 Å². The van der Waals surface area contributed by atoms with Gasteiger partial charge in [0.2, 0.25) is 0 Å². The van der Waals surface area contributed by atoms with Gasteiger partial charge < -0.3 is 10.0 Å². The van der Waals surface area contributed by atoms with E-state index in [0.29, 0.717) is 6.54 Å². The van der Waals surface area contributed by atoms with Crippen LogP contribution in [0.3, 0.4) is 0 Å². The van der Waals surface area contributed by atoms with E-state index in [-0.39, 0.29) is 6.54 Å². The first-order chi connectivity index (χ1) is 6.88. The molecule has 0 saturated heterocycles. The molecule has 0 aliphatic carbocycles. The van der Waals surface area contributed by atoms with Gasteiger partial charge in [0.15, 0.2) is 6.10 Å². The lowest BCUT2D eigenvalue weighted by Crippen LogP contribution is -2.39. The van der Waals surface area contributed by atoms with E-state index in [4.69, 9.17) is 5.11 Å². The number of aliphatic hydroxyl groups excluding tert-OH is 1. The molecule has 0 aromatic carbocycles. The molecule has 0 amide bonds. The van der Waals surface area contributed by atoms with Crippen molar-refractivity contribution in [2.45, 2.75) is 44.9 Å². The monoisotopic (exact) mass is 227 g/mol. The molecule has 15 heavy (non-hydrogen) atoms. The van der Waals surface area contributed by atoms with Gasteiger partial charge in [-0.05, 0) is 20.0 Å². The van der Waals surface area contributed by atoms with Crippen LogP contribution in [0.5, 0.6) is 0 Å². The average Bonchev–Trinajstić information content (AvgIpc) is 2.11. The number of unbranched alkanes of at least 4 members (excludes halogenated alkanes) is 3. The van der Waals surface area contributed by atoms with Crippen molar-refractivity contribution in [3.8, 4) is 0 Å². The highest BCUT2D eigenvalue weighted by Crippen LogP contribution is 2.20. The maximum absolute atomic E-state index is 12.0. The molecule has 0 aliphatic rings. The van der Waals surface area contributed by atoms with Crippen molar-refractivity contribution in [1.29, 1.82) is 0 Å². The SMILES string of the molecule is CCCCCCN(C)CC(O)C(F)(F)F. The van der Waals surface area contributed by atoms with Crippen molar-refractivity contribution >= 4 is 0 Å². The second-order valence-electron chi connectivity index (χ2n) is 3.88. The quantitative estimate of drug-likeness (QED) is 0.675. The highest BCUT2D eigenvalue weighted by molar-refractivity contribution is 4.68. The van der Waals surface area contributed by atoms with Crippen molar-refractivity contribution in [2.75, 3.05) is 20.1 Å². The summed E-state index contributed by atoms with van der Waals surface area (Å²) in [5.74, 6) is 0. The fourth-order valence-electron chi connectivity index (χ4n) is 1.30. The van der Waals surface area contributed by atoms with Crippen LogP contribution in [0.4, 0.5) is 13.2 Å². The summed E-state index contributed by atoms with van der Waals surface area (Å²) >= 11 is 0. The van der Waals surface area contributed by atoms with Crippen molar-refractivity contribution in [3.63, 3.8) is 0 Å². The molecule has 92 valence electrons. The van der Waals surface area contributed by atoms with E-state index in [2.05, 4.69) is 6.92 Å². The molecule has 1 atom stereocenters. The summed E-state index contributed by atoms with van der Waals surface area (Å²) < 4.78 is 35.9. The molecule has 1 N–H and O–H groups in total. The third-order valence-corrected chi connectivity index (χ3v) is 2.26. The Bertz CT molecular complexity index is 161. The van der Waals surface area contributed by atoms with Crippen LogP contribution in [0.25, 0.3) is 0 Å². The maximum Gasteiger partial charge on any atom is 0.415 e. The molecule has 0 spiro atoms. The zero-order valence-electron chi connectivity index (χ0n) is 9.35. The number of hydrogen-bond acceptors (Lipinski definition) is 2. The summed E-state index contributed by atoms with van der Waals surface area (Å²) in [5.41, 5.74) is 0. The highest BCUT2D eigenvalue weighted by atomic mass is 19.4. The first kappa shape index (κ1) is 14.7. The number of alkyl halides is 3. The van der Waals surface area contributed by atoms with Crippen LogP contribution in [0.15, 0.2) is 0 Å². The molecule has 0 aromatic heterocycles. The second kappa shape index (κ2) is 7.06. The Morgan fingerprint density at radius 1 is 1.20 bits per heavy atom. The van der Waals surface area contributed by atoms with Gasteiger partial charge in [0.05, 0.1) is 0 Å². The predicted molar refractivity (Wildman–Crippen MR) is 53.7 cm³/mol. The van der Waals surface area contributed by atoms with Gasteiger partial charge in [-0.1, -0.05) is 26.2 Å². The fourth-order valence-corrected chi connectivity index (χ4v) is 1.30. The Kier molecular flexibility index (Phi) is 6.92. The molecule has 0 fully saturated rings. The van der Waals surface area contributed by atoms with Crippen LogP contribution in [0, 0.1) is 0 Å². The minimum absolute atomic E-state index is 0.338. The number of nitrogens with zero attached hydrogens (tertiary/aromatic N) is 1. The van der Waals surface area contributed by atoms with E-state index in [1.807, 2.05) is 0 Å².